The zero-order valence-corrected chi connectivity index (χ0v) is 16.4. The Morgan fingerprint density at radius 1 is 1.35 bits per heavy atom. The number of nitrogens with one attached hydrogen (secondary N) is 1. The summed E-state index contributed by atoms with van der Waals surface area (Å²) < 4.78 is 1.29. The Bertz CT molecular complexity index is 375. The highest BCUT2D eigenvalue weighted by Gasteiger charge is 2.28. The van der Waals surface area contributed by atoms with E-state index in [1.807, 2.05) is 11.3 Å². The first-order valence-corrected chi connectivity index (χ1v) is 8.45. The molecular weight excluding hydrogens is 379 g/mol. The summed E-state index contributed by atoms with van der Waals surface area (Å²) in [6, 6.07) is 2.96. The van der Waals surface area contributed by atoms with Gasteiger partial charge in [-0.05, 0) is 40.4 Å². The lowest BCUT2D eigenvalue weighted by Gasteiger charge is -2.37. The SMILES string of the molecule is CCC(C)[C@H](c1cc(C)c(Br)s1)N1CCNCC1.Cl.Cl. The Hall–Kier alpha value is 0.680. The second-order valence-corrected chi connectivity index (χ2v) is 7.62. The summed E-state index contributed by atoms with van der Waals surface area (Å²) in [5, 5.41) is 3.45. The van der Waals surface area contributed by atoms with Crippen LogP contribution in [-0.2, 0) is 0 Å². The summed E-state index contributed by atoms with van der Waals surface area (Å²) >= 11 is 5.58. The van der Waals surface area contributed by atoms with Crippen LogP contribution in [-0.4, -0.2) is 31.1 Å². The van der Waals surface area contributed by atoms with Gasteiger partial charge in [0.05, 0.1) is 3.79 Å². The summed E-state index contributed by atoms with van der Waals surface area (Å²) in [5.41, 5.74) is 1.37. The van der Waals surface area contributed by atoms with Crippen LogP contribution in [0, 0.1) is 12.8 Å². The second kappa shape index (κ2) is 9.65. The average Bonchev–Trinajstić information content (AvgIpc) is 2.70. The molecule has 20 heavy (non-hydrogen) atoms. The summed E-state index contributed by atoms with van der Waals surface area (Å²) in [6.45, 7) is 11.5. The number of piperazine rings is 1. The predicted octanol–water partition coefficient (Wildman–Crippen LogP) is 4.66. The van der Waals surface area contributed by atoms with Gasteiger partial charge in [0, 0.05) is 37.1 Å². The van der Waals surface area contributed by atoms with Gasteiger partial charge in [-0.1, -0.05) is 20.3 Å². The highest BCUT2D eigenvalue weighted by atomic mass is 79.9. The van der Waals surface area contributed by atoms with Crippen LogP contribution in [0.3, 0.4) is 0 Å². The summed E-state index contributed by atoms with van der Waals surface area (Å²) in [6.07, 6.45) is 1.24. The third-order valence-electron chi connectivity index (χ3n) is 3.90. The smallest absolute Gasteiger partial charge is 0.0731 e. The molecule has 0 aromatic carbocycles. The lowest BCUT2D eigenvalue weighted by molar-refractivity contribution is 0.131. The first kappa shape index (κ1) is 20.7. The molecular formula is C14H25BrCl2N2S. The molecule has 0 aliphatic carbocycles. The van der Waals surface area contributed by atoms with Crippen LogP contribution in [0.5, 0.6) is 0 Å². The number of rotatable bonds is 4. The molecule has 2 heterocycles. The molecule has 6 heteroatoms. The molecule has 118 valence electrons. The number of thiophene rings is 1. The highest BCUT2D eigenvalue weighted by molar-refractivity contribution is 9.11. The van der Waals surface area contributed by atoms with Gasteiger partial charge < -0.3 is 5.32 Å². The molecule has 0 amide bonds. The maximum Gasteiger partial charge on any atom is 0.0731 e. The van der Waals surface area contributed by atoms with Crippen molar-refractivity contribution in [2.45, 2.75) is 33.2 Å². The number of hydrogen-bond donors (Lipinski definition) is 1. The van der Waals surface area contributed by atoms with Crippen molar-refractivity contribution < 1.29 is 0 Å². The third kappa shape index (κ3) is 4.85. The van der Waals surface area contributed by atoms with E-state index >= 15 is 0 Å². The zero-order valence-electron chi connectivity index (χ0n) is 12.3. The molecule has 0 saturated carbocycles. The fraction of sp³-hybridized carbons (Fsp3) is 0.714. The van der Waals surface area contributed by atoms with Crippen molar-refractivity contribution in [1.29, 1.82) is 0 Å². The van der Waals surface area contributed by atoms with Crippen LogP contribution in [0.25, 0.3) is 0 Å². The van der Waals surface area contributed by atoms with Crippen molar-refractivity contribution in [1.82, 2.24) is 10.2 Å². The standard InChI is InChI=1S/C14H23BrN2S.2ClH/c1-4-10(2)13(17-7-5-16-6-8-17)12-9-11(3)14(15)18-12;;/h9-10,13,16H,4-8H2,1-3H3;2*1H/t10?,13-;;/m1../s1. The van der Waals surface area contributed by atoms with E-state index in [1.54, 1.807) is 0 Å². The third-order valence-corrected chi connectivity index (χ3v) is 6.10. The van der Waals surface area contributed by atoms with Gasteiger partial charge in [0.25, 0.3) is 0 Å². The lowest BCUT2D eigenvalue weighted by atomic mass is 9.95. The molecule has 0 spiro atoms. The Morgan fingerprint density at radius 2 is 1.95 bits per heavy atom. The molecule has 2 rings (SSSR count). The fourth-order valence-corrected chi connectivity index (χ4v) is 4.47. The van der Waals surface area contributed by atoms with Crippen LogP contribution < -0.4 is 5.32 Å². The van der Waals surface area contributed by atoms with Gasteiger partial charge in [-0.3, -0.25) is 4.90 Å². The molecule has 0 bridgehead atoms. The number of aryl methyl sites for hydroxylation is 1. The summed E-state index contributed by atoms with van der Waals surface area (Å²) in [7, 11) is 0. The van der Waals surface area contributed by atoms with Crippen molar-refractivity contribution >= 4 is 52.1 Å². The summed E-state index contributed by atoms with van der Waals surface area (Å²) in [4.78, 5) is 4.18. The molecule has 1 aromatic heterocycles. The van der Waals surface area contributed by atoms with Crippen LogP contribution >= 0.6 is 52.1 Å². The minimum Gasteiger partial charge on any atom is -0.314 e. The van der Waals surface area contributed by atoms with Gasteiger partial charge in [0.2, 0.25) is 0 Å². The van der Waals surface area contributed by atoms with Crippen LogP contribution in [0.2, 0.25) is 0 Å². The van der Waals surface area contributed by atoms with Gasteiger partial charge in [-0.2, -0.15) is 0 Å². The first-order valence-electron chi connectivity index (χ1n) is 6.84. The van der Waals surface area contributed by atoms with E-state index < -0.39 is 0 Å². The molecule has 1 aliphatic heterocycles. The number of nitrogens with zero attached hydrogens (tertiary/aromatic N) is 1. The minimum atomic E-state index is 0. The second-order valence-electron chi connectivity index (χ2n) is 5.22. The van der Waals surface area contributed by atoms with Crippen LogP contribution in [0.15, 0.2) is 9.85 Å². The molecule has 1 aliphatic rings. The molecule has 0 radical (unpaired) electrons. The normalized spacial score (nSPS) is 18.8. The van der Waals surface area contributed by atoms with Crippen molar-refractivity contribution in [2.24, 2.45) is 5.92 Å². The number of hydrogen-bond acceptors (Lipinski definition) is 3. The quantitative estimate of drug-likeness (QED) is 0.786. The Morgan fingerprint density at radius 3 is 2.40 bits per heavy atom. The van der Waals surface area contributed by atoms with E-state index in [9.17, 15) is 0 Å². The Labute approximate surface area is 147 Å². The maximum absolute atomic E-state index is 3.67. The Kier molecular flexibility index (Phi) is 9.98. The lowest BCUT2D eigenvalue weighted by Crippen LogP contribution is -2.46. The predicted molar refractivity (Wildman–Crippen MR) is 97.9 cm³/mol. The van der Waals surface area contributed by atoms with E-state index in [0.29, 0.717) is 12.0 Å². The monoisotopic (exact) mass is 402 g/mol. The first-order chi connectivity index (χ1) is 8.63. The van der Waals surface area contributed by atoms with Crippen LogP contribution in [0.1, 0.15) is 36.8 Å². The maximum atomic E-state index is 3.67. The van der Waals surface area contributed by atoms with Crippen molar-refractivity contribution in [3.05, 3.63) is 20.3 Å². The van der Waals surface area contributed by atoms with Gasteiger partial charge in [-0.15, -0.1) is 36.2 Å². The highest BCUT2D eigenvalue weighted by Crippen LogP contribution is 2.38. The molecule has 1 N–H and O–H groups in total. The van der Waals surface area contributed by atoms with Crippen LogP contribution in [0.4, 0.5) is 0 Å². The zero-order chi connectivity index (χ0) is 13.1. The van der Waals surface area contributed by atoms with Gasteiger partial charge in [0.1, 0.15) is 0 Å². The van der Waals surface area contributed by atoms with E-state index in [4.69, 9.17) is 0 Å². The van der Waals surface area contributed by atoms with Gasteiger partial charge >= 0.3 is 0 Å². The topological polar surface area (TPSA) is 15.3 Å². The Balaban J connectivity index is 0.00000180. The van der Waals surface area contributed by atoms with Gasteiger partial charge in [-0.25, -0.2) is 0 Å². The van der Waals surface area contributed by atoms with Crippen molar-refractivity contribution in [2.75, 3.05) is 26.2 Å². The molecule has 2 nitrogen and oxygen atoms in total. The summed E-state index contributed by atoms with van der Waals surface area (Å²) in [5.74, 6) is 0.716. The molecule has 1 aromatic rings. The largest absolute Gasteiger partial charge is 0.314 e. The van der Waals surface area contributed by atoms with E-state index in [1.165, 1.54) is 33.7 Å². The minimum absolute atomic E-state index is 0. The molecule has 2 atom stereocenters. The molecule has 1 fully saturated rings. The molecule has 1 saturated heterocycles. The number of halogens is 3. The van der Waals surface area contributed by atoms with E-state index in [-0.39, 0.29) is 24.8 Å². The average molecular weight is 404 g/mol. The van der Waals surface area contributed by atoms with Gasteiger partial charge in [0.15, 0.2) is 0 Å². The molecule has 1 unspecified atom stereocenters. The van der Waals surface area contributed by atoms with E-state index in [0.717, 1.165) is 13.1 Å². The van der Waals surface area contributed by atoms with E-state index in [2.05, 4.69) is 53.0 Å². The van der Waals surface area contributed by atoms with Crippen molar-refractivity contribution in [3.63, 3.8) is 0 Å². The van der Waals surface area contributed by atoms with Crippen molar-refractivity contribution in [3.8, 4) is 0 Å². The fourth-order valence-electron chi connectivity index (χ4n) is 2.63.